The molecule has 0 amide bonds. The number of aromatic hydroxyl groups is 1. The largest absolute Gasteiger partial charge is 0.502 e. The molecule has 2 rings (SSSR count). The second-order valence-corrected chi connectivity index (χ2v) is 5.47. The molecule has 1 aromatic rings. The summed E-state index contributed by atoms with van der Waals surface area (Å²) in [5.74, 6) is -0.330. The molecule has 7 heteroatoms. The van der Waals surface area contributed by atoms with E-state index in [9.17, 15) is 15.2 Å². The molecule has 1 heterocycles. The lowest BCUT2D eigenvalue weighted by molar-refractivity contribution is -0.386. The number of hydrogen-bond acceptors (Lipinski definition) is 6. The number of ether oxygens (including phenoxy) is 1. The van der Waals surface area contributed by atoms with Crippen LogP contribution in [-0.4, -0.2) is 46.8 Å². The molecule has 1 aliphatic heterocycles. The predicted octanol–water partition coefficient (Wildman–Crippen LogP) is 1.41. The maximum atomic E-state index is 10.9. The van der Waals surface area contributed by atoms with Gasteiger partial charge in [-0.1, -0.05) is 6.07 Å². The average molecular weight is 295 g/mol. The lowest BCUT2D eigenvalue weighted by Crippen LogP contribution is -2.48. The van der Waals surface area contributed by atoms with Crippen molar-refractivity contribution in [3.8, 4) is 5.75 Å². The molecule has 0 saturated carbocycles. The van der Waals surface area contributed by atoms with Crippen molar-refractivity contribution in [3.63, 3.8) is 0 Å². The Morgan fingerprint density at radius 2 is 2.10 bits per heavy atom. The molecule has 1 aromatic carbocycles. The highest BCUT2D eigenvalue weighted by Gasteiger charge is 2.29. The van der Waals surface area contributed by atoms with Gasteiger partial charge in [-0.25, -0.2) is 0 Å². The van der Waals surface area contributed by atoms with Crippen LogP contribution in [0.25, 0.3) is 0 Å². The monoisotopic (exact) mass is 295 g/mol. The average Bonchev–Trinajstić information content (AvgIpc) is 2.40. The Balaban J connectivity index is 2.28. The van der Waals surface area contributed by atoms with E-state index in [0.29, 0.717) is 6.54 Å². The molecule has 3 N–H and O–H groups in total. The van der Waals surface area contributed by atoms with Crippen molar-refractivity contribution < 1.29 is 14.8 Å². The summed E-state index contributed by atoms with van der Waals surface area (Å²) in [5.41, 5.74) is 6.32. The van der Waals surface area contributed by atoms with Crippen LogP contribution in [0.5, 0.6) is 5.75 Å². The standard InChI is InChI=1S/C14H21N3O4/c1-9-7-16(8-10(2)21-9)13(6-15)11-3-4-14(18)12(5-11)17(19)20/h3-5,9-10,13,18H,6-8,15H2,1-2H3. The van der Waals surface area contributed by atoms with Crippen molar-refractivity contribution in [3.05, 3.63) is 33.9 Å². The smallest absolute Gasteiger partial charge is 0.311 e. The number of nitro groups is 1. The van der Waals surface area contributed by atoms with Gasteiger partial charge in [-0.3, -0.25) is 15.0 Å². The second kappa shape index (κ2) is 6.38. The fourth-order valence-electron chi connectivity index (χ4n) is 2.86. The van der Waals surface area contributed by atoms with Gasteiger partial charge in [0.05, 0.1) is 17.1 Å². The van der Waals surface area contributed by atoms with Crippen molar-refractivity contribution >= 4 is 5.69 Å². The summed E-state index contributed by atoms with van der Waals surface area (Å²) in [7, 11) is 0. The number of nitro benzene ring substituents is 1. The first-order valence-corrected chi connectivity index (χ1v) is 6.99. The summed E-state index contributed by atoms with van der Waals surface area (Å²) in [4.78, 5) is 12.5. The highest BCUT2D eigenvalue weighted by Crippen LogP contribution is 2.31. The molecule has 3 unspecified atom stereocenters. The van der Waals surface area contributed by atoms with Crippen LogP contribution < -0.4 is 5.73 Å². The van der Waals surface area contributed by atoms with Gasteiger partial charge < -0.3 is 15.6 Å². The number of nitrogens with two attached hydrogens (primary N) is 1. The zero-order chi connectivity index (χ0) is 15.6. The Labute approximate surface area is 123 Å². The molecule has 116 valence electrons. The highest BCUT2D eigenvalue weighted by atomic mass is 16.6. The maximum absolute atomic E-state index is 10.9. The molecule has 1 aliphatic rings. The van der Waals surface area contributed by atoms with Crippen molar-refractivity contribution in [1.82, 2.24) is 4.90 Å². The van der Waals surface area contributed by atoms with E-state index in [2.05, 4.69) is 4.90 Å². The van der Waals surface area contributed by atoms with Gasteiger partial charge >= 0.3 is 5.69 Å². The Kier molecular flexibility index (Phi) is 4.76. The van der Waals surface area contributed by atoms with Crippen LogP contribution in [0.4, 0.5) is 5.69 Å². The second-order valence-electron chi connectivity index (χ2n) is 5.47. The highest BCUT2D eigenvalue weighted by molar-refractivity contribution is 5.48. The first-order valence-electron chi connectivity index (χ1n) is 6.99. The molecule has 3 atom stereocenters. The zero-order valence-electron chi connectivity index (χ0n) is 12.2. The molecule has 0 aromatic heterocycles. The van der Waals surface area contributed by atoms with Crippen LogP contribution in [0.1, 0.15) is 25.5 Å². The van der Waals surface area contributed by atoms with Crippen LogP contribution in [0.2, 0.25) is 0 Å². The van der Waals surface area contributed by atoms with Crippen LogP contribution in [0.15, 0.2) is 18.2 Å². The van der Waals surface area contributed by atoms with Gasteiger partial charge in [0.1, 0.15) is 0 Å². The summed E-state index contributed by atoms with van der Waals surface area (Å²) in [6.45, 7) is 5.79. The van der Waals surface area contributed by atoms with E-state index >= 15 is 0 Å². The van der Waals surface area contributed by atoms with Crippen LogP contribution >= 0.6 is 0 Å². The summed E-state index contributed by atoms with van der Waals surface area (Å²) < 4.78 is 5.70. The van der Waals surface area contributed by atoms with Crippen LogP contribution in [-0.2, 0) is 4.74 Å². The van der Waals surface area contributed by atoms with Gasteiger partial charge in [-0.15, -0.1) is 0 Å². The third-order valence-electron chi connectivity index (χ3n) is 3.69. The van der Waals surface area contributed by atoms with Gasteiger partial charge in [0, 0.05) is 31.7 Å². The van der Waals surface area contributed by atoms with Crippen molar-refractivity contribution in [1.29, 1.82) is 0 Å². The molecule has 0 spiro atoms. The Morgan fingerprint density at radius 1 is 1.48 bits per heavy atom. The van der Waals surface area contributed by atoms with Crippen molar-refractivity contribution in [2.45, 2.75) is 32.1 Å². The topological polar surface area (TPSA) is 102 Å². The number of phenols is 1. The van der Waals surface area contributed by atoms with Crippen molar-refractivity contribution in [2.24, 2.45) is 5.73 Å². The minimum Gasteiger partial charge on any atom is -0.502 e. The molecule has 1 saturated heterocycles. The van der Waals surface area contributed by atoms with Crippen molar-refractivity contribution in [2.75, 3.05) is 19.6 Å². The van der Waals surface area contributed by atoms with E-state index in [1.54, 1.807) is 6.07 Å². The number of benzene rings is 1. The minimum atomic E-state index is -0.586. The molecule has 1 fully saturated rings. The number of nitrogens with zero attached hydrogens (tertiary/aromatic N) is 2. The van der Waals surface area contributed by atoms with Gasteiger partial charge in [0.2, 0.25) is 0 Å². The number of phenolic OH excluding ortho intramolecular Hbond substituents is 1. The fourth-order valence-corrected chi connectivity index (χ4v) is 2.86. The van der Waals surface area contributed by atoms with Gasteiger partial charge in [0.25, 0.3) is 0 Å². The molecule has 0 radical (unpaired) electrons. The third kappa shape index (κ3) is 3.49. The summed E-state index contributed by atoms with van der Waals surface area (Å²) >= 11 is 0. The van der Waals surface area contributed by atoms with E-state index < -0.39 is 4.92 Å². The van der Waals surface area contributed by atoms with Gasteiger partial charge in [-0.05, 0) is 25.5 Å². The minimum absolute atomic E-state index is 0.0925. The van der Waals surface area contributed by atoms with Gasteiger partial charge in [0.15, 0.2) is 5.75 Å². The van der Waals surface area contributed by atoms with E-state index in [4.69, 9.17) is 10.5 Å². The quantitative estimate of drug-likeness (QED) is 0.643. The molecule has 0 bridgehead atoms. The Hall–Kier alpha value is -1.70. The number of hydrogen-bond donors (Lipinski definition) is 2. The van der Waals surface area contributed by atoms with Crippen LogP contribution in [0, 0.1) is 10.1 Å². The molecular weight excluding hydrogens is 274 g/mol. The molecule has 0 aliphatic carbocycles. The Morgan fingerprint density at radius 3 is 2.62 bits per heavy atom. The number of rotatable bonds is 4. The van der Waals surface area contributed by atoms with E-state index in [-0.39, 0.29) is 29.7 Å². The lowest BCUT2D eigenvalue weighted by Gasteiger charge is -2.40. The molecular formula is C14H21N3O4. The first kappa shape index (κ1) is 15.7. The summed E-state index contributed by atoms with van der Waals surface area (Å²) in [5, 5.41) is 20.5. The SMILES string of the molecule is CC1CN(C(CN)c2ccc(O)c([N+](=O)[O-])c2)CC(C)O1. The zero-order valence-corrected chi connectivity index (χ0v) is 12.2. The predicted molar refractivity (Wildman–Crippen MR) is 78.1 cm³/mol. The van der Waals surface area contributed by atoms with E-state index in [0.717, 1.165) is 18.7 Å². The molecule has 7 nitrogen and oxygen atoms in total. The Bertz CT molecular complexity index is 513. The third-order valence-corrected chi connectivity index (χ3v) is 3.69. The molecule has 21 heavy (non-hydrogen) atoms. The number of morpholine rings is 1. The van der Waals surface area contributed by atoms with Gasteiger partial charge in [-0.2, -0.15) is 0 Å². The summed E-state index contributed by atoms with van der Waals surface area (Å²) in [6.07, 6.45) is 0.185. The first-order chi connectivity index (χ1) is 9.92. The van der Waals surface area contributed by atoms with E-state index in [1.165, 1.54) is 12.1 Å². The summed E-state index contributed by atoms with van der Waals surface area (Å²) in [6, 6.07) is 4.31. The normalized spacial score (nSPS) is 24.7. The van der Waals surface area contributed by atoms with Crippen LogP contribution in [0.3, 0.4) is 0 Å². The fraction of sp³-hybridized carbons (Fsp3) is 0.571. The lowest BCUT2D eigenvalue weighted by atomic mass is 10.0. The maximum Gasteiger partial charge on any atom is 0.311 e. The van der Waals surface area contributed by atoms with E-state index in [1.807, 2.05) is 13.8 Å².